The van der Waals surface area contributed by atoms with Crippen LogP contribution in [0.2, 0.25) is 0 Å². The van der Waals surface area contributed by atoms with Crippen molar-refractivity contribution in [3.63, 3.8) is 0 Å². The lowest BCUT2D eigenvalue weighted by molar-refractivity contribution is -0.115. The van der Waals surface area contributed by atoms with E-state index in [0.29, 0.717) is 11.5 Å². The van der Waals surface area contributed by atoms with Gasteiger partial charge in [-0.3, -0.25) is 4.79 Å². The zero-order valence-corrected chi connectivity index (χ0v) is 12.1. The van der Waals surface area contributed by atoms with Crippen molar-refractivity contribution in [2.75, 3.05) is 11.1 Å². The number of pyridine rings is 1. The first-order valence-electron chi connectivity index (χ1n) is 5.81. The van der Waals surface area contributed by atoms with E-state index in [0.717, 1.165) is 15.6 Å². The van der Waals surface area contributed by atoms with Gasteiger partial charge in [0.15, 0.2) is 0 Å². The number of rotatable bonds is 3. The van der Waals surface area contributed by atoms with Crippen molar-refractivity contribution in [1.29, 1.82) is 0 Å². The third kappa shape index (κ3) is 3.79. The molecule has 2 rings (SSSR count). The highest BCUT2D eigenvalue weighted by Crippen LogP contribution is 2.17. The van der Waals surface area contributed by atoms with Crippen molar-refractivity contribution < 1.29 is 4.79 Å². The quantitative estimate of drug-likeness (QED) is 0.855. The van der Waals surface area contributed by atoms with Gasteiger partial charge in [0.2, 0.25) is 5.91 Å². The number of carbonyl (C=O) groups is 1. The molecule has 0 saturated heterocycles. The van der Waals surface area contributed by atoms with Gasteiger partial charge in [-0.05, 0) is 52.2 Å². The molecule has 0 bridgehead atoms. The van der Waals surface area contributed by atoms with Crippen molar-refractivity contribution in [2.24, 2.45) is 0 Å². The molecule has 0 aliphatic heterocycles. The summed E-state index contributed by atoms with van der Waals surface area (Å²) in [5.41, 5.74) is 8.23. The number of nitrogens with zero attached hydrogens (tertiary/aromatic N) is 1. The summed E-state index contributed by atoms with van der Waals surface area (Å²) in [6, 6.07) is 9.11. The summed E-state index contributed by atoms with van der Waals surface area (Å²) in [4.78, 5) is 16.0. The lowest BCUT2D eigenvalue weighted by atomic mass is 10.1. The number of carbonyl (C=O) groups excluding carboxylic acids is 1. The van der Waals surface area contributed by atoms with Crippen LogP contribution in [0.5, 0.6) is 0 Å². The highest BCUT2D eigenvalue weighted by molar-refractivity contribution is 9.10. The van der Waals surface area contributed by atoms with Gasteiger partial charge >= 0.3 is 0 Å². The molecule has 1 aromatic carbocycles. The summed E-state index contributed by atoms with van der Waals surface area (Å²) in [7, 11) is 0. The molecule has 0 atom stereocenters. The van der Waals surface area contributed by atoms with Crippen molar-refractivity contribution in [2.45, 2.75) is 13.3 Å². The molecule has 0 radical (unpaired) electrons. The van der Waals surface area contributed by atoms with E-state index in [1.165, 1.54) is 0 Å². The first kappa shape index (κ1) is 13.5. The molecule has 0 unspecified atom stereocenters. The lowest BCUT2D eigenvalue weighted by Gasteiger charge is -2.06. The van der Waals surface area contributed by atoms with Gasteiger partial charge in [-0.2, -0.15) is 0 Å². The number of hydrogen-bond acceptors (Lipinski definition) is 3. The van der Waals surface area contributed by atoms with Gasteiger partial charge in [0.05, 0.1) is 6.42 Å². The Morgan fingerprint density at radius 1 is 1.42 bits per heavy atom. The molecule has 19 heavy (non-hydrogen) atoms. The van der Waals surface area contributed by atoms with Crippen LogP contribution in [0.3, 0.4) is 0 Å². The number of nitrogen functional groups attached to an aromatic ring is 1. The summed E-state index contributed by atoms with van der Waals surface area (Å²) in [5, 5.41) is 2.77. The molecule has 0 aliphatic carbocycles. The summed E-state index contributed by atoms with van der Waals surface area (Å²) in [5.74, 6) is 0.439. The predicted molar refractivity (Wildman–Crippen MR) is 79.9 cm³/mol. The zero-order chi connectivity index (χ0) is 13.8. The molecule has 0 saturated carbocycles. The number of anilines is 2. The number of nitrogens with two attached hydrogens (primary N) is 1. The average molecular weight is 320 g/mol. The molecule has 4 nitrogen and oxygen atoms in total. The van der Waals surface area contributed by atoms with Crippen LogP contribution in [0, 0.1) is 6.92 Å². The summed E-state index contributed by atoms with van der Waals surface area (Å²) in [6.45, 7) is 1.94. The maximum absolute atomic E-state index is 11.9. The van der Waals surface area contributed by atoms with E-state index >= 15 is 0 Å². The maximum Gasteiger partial charge on any atom is 0.229 e. The Bertz CT molecular complexity index is 613. The highest BCUT2D eigenvalue weighted by Gasteiger charge is 2.06. The smallest absolute Gasteiger partial charge is 0.229 e. The summed E-state index contributed by atoms with van der Waals surface area (Å²) in [6.07, 6.45) is 1.95. The first-order valence-corrected chi connectivity index (χ1v) is 6.60. The molecule has 1 amide bonds. The molecule has 0 aliphatic rings. The number of amides is 1. The largest absolute Gasteiger partial charge is 0.399 e. The van der Waals surface area contributed by atoms with Crippen LogP contribution >= 0.6 is 15.9 Å². The van der Waals surface area contributed by atoms with Crippen LogP contribution in [-0.2, 0) is 11.2 Å². The number of benzene rings is 1. The Morgan fingerprint density at radius 3 is 2.89 bits per heavy atom. The van der Waals surface area contributed by atoms with Crippen LogP contribution in [0.25, 0.3) is 0 Å². The van der Waals surface area contributed by atoms with E-state index in [4.69, 9.17) is 5.73 Å². The van der Waals surface area contributed by atoms with Gasteiger partial charge in [0, 0.05) is 16.4 Å². The Balaban J connectivity index is 2.03. The normalized spacial score (nSPS) is 10.2. The fourth-order valence-electron chi connectivity index (χ4n) is 1.68. The summed E-state index contributed by atoms with van der Waals surface area (Å²) < 4.78 is 0.918. The Morgan fingerprint density at radius 2 is 2.21 bits per heavy atom. The van der Waals surface area contributed by atoms with E-state index in [-0.39, 0.29) is 12.3 Å². The van der Waals surface area contributed by atoms with Gasteiger partial charge in [0.1, 0.15) is 5.82 Å². The van der Waals surface area contributed by atoms with Crippen LogP contribution < -0.4 is 11.1 Å². The number of nitrogens with one attached hydrogen (secondary N) is 1. The fraction of sp³-hybridized carbons (Fsp3) is 0.143. The third-order valence-corrected chi connectivity index (χ3v) is 3.46. The van der Waals surface area contributed by atoms with Gasteiger partial charge in [-0.15, -0.1) is 0 Å². The SMILES string of the molecule is Cc1cc(NC(=O)Cc2cccc(N)c2)ncc1Br. The Kier molecular flexibility index (Phi) is 4.16. The summed E-state index contributed by atoms with van der Waals surface area (Å²) >= 11 is 3.37. The van der Waals surface area contributed by atoms with Crippen LogP contribution in [0.15, 0.2) is 41.0 Å². The van der Waals surface area contributed by atoms with Crippen molar-refractivity contribution in [1.82, 2.24) is 4.98 Å². The minimum absolute atomic E-state index is 0.111. The van der Waals surface area contributed by atoms with Crippen LogP contribution in [0.4, 0.5) is 11.5 Å². The second kappa shape index (κ2) is 5.84. The van der Waals surface area contributed by atoms with E-state index in [2.05, 4.69) is 26.2 Å². The molecular weight excluding hydrogens is 306 g/mol. The Hall–Kier alpha value is -1.88. The van der Waals surface area contributed by atoms with Gasteiger partial charge in [0.25, 0.3) is 0 Å². The van der Waals surface area contributed by atoms with E-state index in [9.17, 15) is 4.79 Å². The standard InChI is InChI=1S/C14H14BrN3O/c1-9-5-13(17-8-12(9)15)18-14(19)7-10-3-2-4-11(16)6-10/h2-6,8H,7,16H2,1H3,(H,17,18,19). The maximum atomic E-state index is 11.9. The number of hydrogen-bond donors (Lipinski definition) is 2. The van der Waals surface area contributed by atoms with Gasteiger partial charge in [-0.1, -0.05) is 12.1 Å². The van der Waals surface area contributed by atoms with Crippen LogP contribution in [-0.4, -0.2) is 10.9 Å². The minimum Gasteiger partial charge on any atom is -0.399 e. The lowest BCUT2D eigenvalue weighted by Crippen LogP contribution is -2.15. The van der Waals surface area contributed by atoms with Gasteiger partial charge < -0.3 is 11.1 Å². The highest BCUT2D eigenvalue weighted by atomic mass is 79.9. The monoisotopic (exact) mass is 319 g/mol. The molecule has 3 N–H and O–H groups in total. The average Bonchev–Trinajstić information content (AvgIpc) is 2.34. The van der Waals surface area contributed by atoms with Crippen molar-refractivity contribution in [3.8, 4) is 0 Å². The van der Waals surface area contributed by atoms with E-state index < -0.39 is 0 Å². The van der Waals surface area contributed by atoms with Gasteiger partial charge in [-0.25, -0.2) is 4.98 Å². The van der Waals surface area contributed by atoms with E-state index in [1.807, 2.05) is 25.1 Å². The van der Waals surface area contributed by atoms with E-state index in [1.54, 1.807) is 18.3 Å². The van der Waals surface area contributed by atoms with Crippen LogP contribution in [0.1, 0.15) is 11.1 Å². The number of aromatic nitrogens is 1. The number of aryl methyl sites for hydroxylation is 1. The molecule has 98 valence electrons. The molecule has 0 fully saturated rings. The minimum atomic E-state index is -0.111. The molecule has 5 heteroatoms. The van der Waals surface area contributed by atoms with Crippen molar-refractivity contribution in [3.05, 3.63) is 52.1 Å². The fourth-order valence-corrected chi connectivity index (χ4v) is 1.90. The topological polar surface area (TPSA) is 68.0 Å². The molecular formula is C14H14BrN3O. The second-order valence-corrected chi connectivity index (χ2v) is 5.14. The molecule has 1 heterocycles. The number of halogens is 1. The third-order valence-electron chi connectivity index (χ3n) is 2.63. The Labute approximate surface area is 120 Å². The molecule has 0 spiro atoms. The molecule has 2 aromatic rings. The molecule has 1 aromatic heterocycles. The van der Waals surface area contributed by atoms with Crippen molar-refractivity contribution >= 4 is 33.3 Å². The first-order chi connectivity index (χ1) is 9.04. The zero-order valence-electron chi connectivity index (χ0n) is 10.5. The second-order valence-electron chi connectivity index (χ2n) is 4.29. The predicted octanol–water partition coefficient (Wildman–Crippen LogP) is 2.92.